The van der Waals surface area contributed by atoms with E-state index in [0.29, 0.717) is 24.4 Å². The molecule has 0 unspecified atom stereocenters. The van der Waals surface area contributed by atoms with Gasteiger partial charge in [-0.25, -0.2) is 0 Å². The topological polar surface area (TPSA) is 84.7 Å². The molecule has 0 aliphatic rings. The van der Waals surface area contributed by atoms with Crippen LogP contribution in [-0.2, 0) is 20.7 Å². The van der Waals surface area contributed by atoms with Crippen LogP contribution in [0.3, 0.4) is 0 Å². The lowest BCUT2D eigenvalue weighted by Gasteiger charge is -2.23. The molecule has 29 heavy (non-hydrogen) atoms. The minimum Gasteiger partial charge on any atom is -0.455 e. The fourth-order valence-corrected chi connectivity index (χ4v) is 3.08. The van der Waals surface area contributed by atoms with E-state index in [9.17, 15) is 9.59 Å². The number of anilines is 1. The van der Waals surface area contributed by atoms with E-state index in [1.54, 1.807) is 6.07 Å². The molecule has 0 atom stereocenters. The second-order valence-electron chi connectivity index (χ2n) is 6.73. The molecule has 1 aromatic heterocycles. The van der Waals surface area contributed by atoms with Gasteiger partial charge in [-0.2, -0.15) is 0 Å². The number of hydrogen-bond acceptors (Lipinski definition) is 6. The molecular formula is C22H25N3O4. The van der Waals surface area contributed by atoms with Crippen LogP contribution in [0, 0.1) is 6.92 Å². The number of aryl methyl sites for hydroxylation is 1. The third-order valence-electron chi connectivity index (χ3n) is 4.58. The molecule has 0 aliphatic carbocycles. The summed E-state index contributed by atoms with van der Waals surface area (Å²) in [6.07, 6.45) is -0.0404. The average molecular weight is 395 g/mol. The molecule has 3 rings (SSSR count). The van der Waals surface area contributed by atoms with Gasteiger partial charge in [-0.3, -0.25) is 9.59 Å². The monoisotopic (exact) mass is 395 g/mol. The number of nitrogens with one attached hydrogen (secondary N) is 1. The Morgan fingerprint density at radius 3 is 2.79 bits per heavy atom. The van der Waals surface area contributed by atoms with Gasteiger partial charge in [0.25, 0.3) is 5.91 Å². The van der Waals surface area contributed by atoms with Gasteiger partial charge in [-0.1, -0.05) is 29.4 Å². The number of hydrogen-bond donors (Lipinski definition) is 1. The summed E-state index contributed by atoms with van der Waals surface area (Å²) < 4.78 is 10.2. The Bertz CT molecular complexity index is 983. The average Bonchev–Trinajstić information content (AvgIpc) is 3.12. The number of ether oxygens (including phenoxy) is 1. The first-order chi connectivity index (χ1) is 14.1. The van der Waals surface area contributed by atoms with Crippen LogP contribution >= 0.6 is 0 Å². The lowest BCUT2D eigenvalue weighted by atomic mass is 10.2. The Labute approximate surface area is 169 Å². The maximum atomic E-state index is 12.0. The van der Waals surface area contributed by atoms with Gasteiger partial charge < -0.3 is 19.5 Å². The Kier molecular flexibility index (Phi) is 6.84. The molecule has 0 saturated heterocycles. The van der Waals surface area contributed by atoms with Crippen molar-refractivity contribution in [1.29, 1.82) is 0 Å². The summed E-state index contributed by atoms with van der Waals surface area (Å²) in [5, 5.41) is 7.45. The van der Waals surface area contributed by atoms with Gasteiger partial charge in [-0.15, -0.1) is 0 Å². The number of esters is 1. The van der Waals surface area contributed by atoms with Crippen LogP contribution in [0.5, 0.6) is 0 Å². The van der Waals surface area contributed by atoms with Crippen LogP contribution in [0.4, 0.5) is 5.69 Å². The van der Waals surface area contributed by atoms with Crippen molar-refractivity contribution in [3.05, 3.63) is 59.8 Å². The van der Waals surface area contributed by atoms with Crippen molar-refractivity contribution < 1.29 is 18.8 Å². The van der Waals surface area contributed by atoms with Gasteiger partial charge in [-0.05, 0) is 43.7 Å². The number of carbonyl (C=O) groups is 2. The van der Waals surface area contributed by atoms with Crippen molar-refractivity contribution in [3.8, 4) is 0 Å². The quantitative estimate of drug-likeness (QED) is 0.561. The zero-order chi connectivity index (χ0) is 20.6. The molecule has 0 bridgehead atoms. The summed E-state index contributed by atoms with van der Waals surface area (Å²) in [6, 6.07) is 15.5. The van der Waals surface area contributed by atoms with Crippen molar-refractivity contribution in [1.82, 2.24) is 10.5 Å². The fourth-order valence-electron chi connectivity index (χ4n) is 3.08. The van der Waals surface area contributed by atoms with E-state index in [1.165, 1.54) is 5.56 Å². The van der Waals surface area contributed by atoms with Crippen LogP contribution in [0.2, 0.25) is 0 Å². The lowest BCUT2D eigenvalue weighted by molar-refractivity contribution is -0.147. The summed E-state index contributed by atoms with van der Waals surface area (Å²) in [5.74, 6) is -0.849. The van der Waals surface area contributed by atoms with Crippen LogP contribution in [0.1, 0.15) is 18.2 Å². The smallest absolute Gasteiger partial charge is 0.312 e. The van der Waals surface area contributed by atoms with Crippen LogP contribution in [0.25, 0.3) is 11.0 Å². The van der Waals surface area contributed by atoms with Gasteiger partial charge in [0, 0.05) is 30.7 Å². The maximum absolute atomic E-state index is 12.0. The minimum absolute atomic E-state index is 0.0404. The number of likely N-dealkylation sites (N-methyl/N-ethyl adjacent to an activating group) is 1. The van der Waals surface area contributed by atoms with Crippen LogP contribution in [-0.4, -0.2) is 43.3 Å². The third kappa shape index (κ3) is 5.57. The summed E-state index contributed by atoms with van der Waals surface area (Å²) in [4.78, 5) is 26.2. The first-order valence-corrected chi connectivity index (χ1v) is 9.64. The number of fused-ring (bicyclic) bond motifs is 1. The summed E-state index contributed by atoms with van der Waals surface area (Å²) in [5.41, 5.74) is 3.43. The zero-order valence-corrected chi connectivity index (χ0v) is 16.7. The summed E-state index contributed by atoms with van der Waals surface area (Å²) in [6.45, 7) is 5.77. The largest absolute Gasteiger partial charge is 0.455 e. The van der Waals surface area contributed by atoms with E-state index >= 15 is 0 Å². The van der Waals surface area contributed by atoms with E-state index < -0.39 is 5.97 Å². The Balaban J connectivity index is 1.41. The highest BCUT2D eigenvalue weighted by Crippen LogP contribution is 2.18. The van der Waals surface area contributed by atoms with E-state index in [-0.39, 0.29) is 18.9 Å². The maximum Gasteiger partial charge on any atom is 0.312 e. The van der Waals surface area contributed by atoms with Gasteiger partial charge in [0.15, 0.2) is 12.2 Å². The first-order valence-electron chi connectivity index (χ1n) is 9.64. The molecule has 0 spiro atoms. The Morgan fingerprint density at radius 1 is 1.17 bits per heavy atom. The number of para-hydroxylation sites is 1. The predicted octanol–water partition coefficient (Wildman–Crippen LogP) is 2.86. The Hall–Kier alpha value is -3.35. The highest BCUT2D eigenvalue weighted by Gasteiger charge is 2.14. The molecule has 0 radical (unpaired) electrons. The van der Waals surface area contributed by atoms with Gasteiger partial charge in [0.05, 0.1) is 6.42 Å². The molecule has 0 aliphatic heterocycles. The van der Waals surface area contributed by atoms with E-state index in [2.05, 4.69) is 41.4 Å². The number of benzene rings is 2. The molecule has 0 fully saturated rings. The Morgan fingerprint density at radius 2 is 2.00 bits per heavy atom. The normalized spacial score (nSPS) is 10.7. The van der Waals surface area contributed by atoms with Gasteiger partial charge >= 0.3 is 5.97 Å². The minimum atomic E-state index is -0.519. The first kappa shape index (κ1) is 20.4. The van der Waals surface area contributed by atoms with E-state index in [4.69, 9.17) is 9.26 Å². The SMILES string of the molecule is CCN(CCNC(=O)COC(=O)Cc1noc2ccccc12)c1cccc(C)c1. The highest BCUT2D eigenvalue weighted by atomic mass is 16.5. The highest BCUT2D eigenvalue weighted by molar-refractivity contribution is 5.85. The van der Waals surface area contributed by atoms with Crippen molar-refractivity contribution in [3.63, 3.8) is 0 Å². The summed E-state index contributed by atoms with van der Waals surface area (Å²) in [7, 11) is 0. The van der Waals surface area contributed by atoms with E-state index in [1.807, 2.05) is 30.3 Å². The second kappa shape index (κ2) is 9.73. The molecule has 7 heteroatoms. The van der Waals surface area contributed by atoms with Crippen molar-refractivity contribution in [2.24, 2.45) is 0 Å². The van der Waals surface area contributed by atoms with Crippen LogP contribution in [0.15, 0.2) is 53.1 Å². The molecule has 7 nitrogen and oxygen atoms in total. The van der Waals surface area contributed by atoms with Gasteiger partial charge in [0.1, 0.15) is 5.69 Å². The van der Waals surface area contributed by atoms with Crippen molar-refractivity contribution in [2.45, 2.75) is 20.3 Å². The van der Waals surface area contributed by atoms with Crippen molar-refractivity contribution in [2.75, 3.05) is 31.1 Å². The molecule has 0 saturated carbocycles. The molecule has 1 heterocycles. The number of nitrogens with zero attached hydrogens (tertiary/aromatic N) is 2. The molecule has 3 aromatic rings. The molecule has 2 aromatic carbocycles. The predicted molar refractivity (Wildman–Crippen MR) is 111 cm³/mol. The number of amides is 1. The second-order valence-corrected chi connectivity index (χ2v) is 6.73. The van der Waals surface area contributed by atoms with Crippen LogP contribution < -0.4 is 10.2 Å². The van der Waals surface area contributed by atoms with Crippen molar-refractivity contribution >= 4 is 28.5 Å². The number of carbonyl (C=O) groups excluding carboxylic acids is 2. The number of rotatable bonds is 9. The standard InChI is InChI=1S/C22H25N3O4/c1-3-25(17-8-6-7-16(2)13-17)12-11-23-21(26)15-28-22(27)14-19-18-9-4-5-10-20(18)29-24-19/h4-10,13H,3,11-12,14-15H2,1-2H3,(H,23,26). The third-order valence-corrected chi connectivity index (χ3v) is 4.58. The lowest BCUT2D eigenvalue weighted by Crippen LogP contribution is -2.37. The molecule has 1 N–H and O–H groups in total. The molecular weight excluding hydrogens is 370 g/mol. The summed E-state index contributed by atoms with van der Waals surface area (Å²) >= 11 is 0. The molecule has 152 valence electrons. The van der Waals surface area contributed by atoms with Gasteiger partial charge in [0.2, 0.25) is 0 Å². The molecule has 1 amide bonds. The fraction of sp³-hybridized carbons (Fsp3) is 0.318. The zero-order valence-electron chi connectivity index (χ0n) is 16.7. The van der Waals surface area contributed by atoms with E-state index in [0.717, 1.165) is 17.6 Å². The number of aromatic nitrogens is 1.